The minimum absolute atomic E-state index is 0.188. The molecular weight excluding hydrogens is 597 g/mol. The molecule has 0 radical (unpaired) electrons. The molecule has 2 aromatic heterocycles. The smallest absolute Gasteiger partial charge is 0.143 e. The van der Waals surface area contributed by atoms with E-state index < -0.39 is 0 Å². The molecule has 0 atom stereocenters. The van der Waals surface area contributed by atoms with Gasteiger partial charge < -0.3 is 8.83 Å². The number of hydrogen-bond acceptors (Lipinski definition) is 2. The molecule has 0 fully saturated rings. The first-order valence-electron chi connectivity index (χ1n) is 17.0. The second-order valence-corrected chi connectivity index (χ2v) is 14.0. The number of furan rings is 2. The SMILES string of the molecule is CC1(C)c2cc(-c3cccc4oc5c6ccccc6ccc5c34)ccc2-c2ccc3c(-c4ccc5oc6ccccc6c5c4)cccc3c21. The Morgan fingerprint density at radius 3 is 2.04 bits per heavy atom. The van der Waals surface area contributed by atoms with Crippen LogP contribution in [0.2, 0.25) is 0 Å². The average Bonchev–Trinajstić information content (AvgIpc) is 3.79. The van der Waals surface area contributed by atoms with Gasteiger partial charge in [0.1, 0.15) is 22.3 Å². The summed E-state index contributed by atoms with van der Waals surface area (Å²) >= 11 is 0. The van der Waals surface area contributed by atoms with Gasteiger partial charge in [-0.25, -0.2) is 0 Å². The van der Waals surface area contributed by atoms with Crippen LogP contribution in [0.15, 0.2) is 154 Å². The lowest BCUT2D eigenvalue weighted by Crippen LogP contribution is -2.15. The highest BCUT2D eigenvalue weighted by Gasteiger charge is 2.37. The van der Waals surface area contributed by atoms with Crippen molar-refractivity contribution in [2.24, 2.45) is 0 Å². The molecule has 0 saturated carbocycles. The molecule has 230 valence electrons. The average molecular weight is 627 g/mol. The zero-order valence-corrected chi connectivity index (χ0v) is 27.2. The highest BCUT2D eigenvalue weighted by molar-refractivity contribution is 6.19. The van der Waals surface area contributed by atoms with Crippen LogP contribution in [0.3, 0.4) is 0 Å². The summed E-state index contributed by atoms with van der Waals surface area (Å²) in [5.41, 5.74) is 13.8. The molecule has 0 unspecified atom stereocenters. The van der Waals surface area contributed by atoms with Crippen LogP contribution in [-0.4, -0.2) is 0 Å². The van der Waals surface area contributed by atoms with E-state index in [0.717, 1.165) is 43.9 Å². The Balaban J connectivity index is 1.08. The molecule has 0 N–H and O–H groups in total. The quantitative estimate of drug-likeness (QED) is 0.191. The van der Waals surface area contributed by atoms with Crippen molar-refractivity contribution in [1.29, 1.82) is 0 Å². The zero-order chi connectivity index (χ0) is 32.4. The van der Waals surface area contributed by atoms with Crippen LogP contribution in [0, 0.1) is 0 Å². The van der Waals surface area contributed by atoms with Gasteiger partial charge in [-0.2, -0.15) is 0 Å². The van der Waals surface area contributed by atoms with Crippen LogP contribution >= 0.6 is 0 Å². The molecule has 1 aliphatic carbocycles. The summed E-state index contributed by atoms with van der Waals surface area (Å²) in [5.74, 6) is 0. The van der Waals surface area contributed by atoms with Crippen LogP contribution < -0.4 is 0 Å². The van der Waals surface area contributed by atoms with E-state index in [2.05, 4.69) is 147 Å². The highest BCUT2D eigenvalue weighted by atomic mass is 16.3. The fourth-order valence-corrected chi connectivity index (χ4v) is 8.79. The second kappa shape index (κ2) is 9.49. The Morgan fingerprint density at radius 2 is 1.10 bits per heavy atom. The highest BCUT2D eigenvalue weighted by Crippen LogP contribution is 2.53. The maximum atomic E-state index is 6.54. The third-order valence-corrected chi connectivity index (χ3v) is 11.1. The number of hydrogen-bond donors (Lipinski definition) is 0. The number of para-hydroxylation sites is 1. The zero-order valence-electron chi connectivity index (χ0n) is 27.2. The number of rotatable bonds is 2. The van der Waals surface area contributed by atoms with E-state index in [1.54, 1.807) is 0 Å². The summed E-state index contributed by atoms with van der Waals surface area (Å²) in [5, 5.41) is 9.57. The van der Waals surface area contributed by atoms with Gasteiger partial charge in [-0.1, -0.05) is 123 Å². The van der Waals surface area contributed by atoms with Crippen molar-refractivity contribution in [3.05, 3.63) is 157 Å². The van der Waals surface area contributed by atoms with Crippen molar-refractivity contribution in [2.45, 2.75) is 19.3 Å². The number of fused-ring (bicyclic) bond motifs is 13. The van der Waals surface area contributed by atoms with Crippen molar-refractivity contribution < 1.29 is 8.83 Å². The van der Waals surface area contributed by atoms with Gasteiger partial charge in [0.25, 0.3) is 0 Å². The third kappa shape index (κ3) is 3.61. The predicted octanol–water partition coefficient (Wildman–Crippen LogP) is 13.4. The molecule has 0 aliphatic heterocycles. The molecule has 1 aliphatic rings. The molecule has 10 aromatic rings. The molecule has 11 rings (SSSR count). The first-order valence-corrected chi connectivity index (χ1v) is 17.0. The van der Waals surface area contributed by atoms with E-state index in [0.29, 0.717) is 0 Å². The second-order valence-electron chi connectivity index (χ2n) is 14.0. The molecule has 2 heterocycles. The normalized spacial score (nSPS) is 13.7. The molecule has 2 heteroatoms. The number of benzene rings is 8. The van der Waals surface area contributed by atoms with Crippen LogP contribution in [0.4, 0.5) is 0 Å². The van der Waals surface area contributed by atoms with Gasteiger partial charge >= 0.3 is 0 Å². The molecule has 49 heavy (non-hydrogen) atoms. The van der Waals surface area contributed by atoms with Crippen LogP contribution in [0.1, 0.15) is 25.0 Å². The maximum Gasteiger partial charge on any atom is 0.143 e. The third-order valence-electron chi connectivity index (χ3n) is 11.1. The van der Waals surface area contributed by atoms with E-state index in [-0.39, 0.29) is 5.41 Å². The summed E-state index contributed by atoms with van der Waals surface area (Å²) in [7, 11) is 0. The molecule has 0 spiro atoms. The Labute approximate surface area is 282 Å². The van der Waals surface area contributed by atoms with Crippen molar-refractivity contribution >= 4 is 65.4 Å². The fourth-order valence-electron chi connectivity index (χ4n) is 8.79. The van der Waals surface area contributed by atoms with Crippen LogP contribution in [0.25, 0.3) is 98.8 Å². The minimum atomic E-state index is -0.188. The largest absolute Gasteiger partial charge is 0.456 e. The summed E-state index contributed by atoms with van der Waals surface area (Å²) in [6.07, 6.45) is 0. The Kier molecular flexibility index (Phi) is 5.21. The lowest BCUT2D eigenvalue weighted by Gasteiger charge is -2.24. The van der Waals surface area contributed by atoms with Crippen LogP contribution in [-0.2, 0) is 5.41 Å². The predicted molar refractivity (Wildman–Crippen MR) is 204 cm³/mol. The van der Waals surface area contributed by atoms with E-state index in [9.17, 15) is 0 Å². The van der Waals surface area contributed by atoms with Gasteiger partial charge in [0.15, 0.2) is 0 Å². The Bertz CT molecular complexity index is 3020. The first-order chi connectivity index (χ1) is 24.0. The molecule has 8 aromatic carbocycles. The maximum absolute atomic E-state index is 6.54. The topological polar surface area (TPSA) is 26.3 Å². The summed E-state index contributed by atoms with van der Waals surface area (Å²) < 4.78 is 12.7. The monoisotopic (exact) mass is 626 g/mol. The van der Waals surface area contributed by atoms with Crippen LogP contribution in [0.5, 0.6) is 0 Å². The van der Waals surface area contributed by atoms with Crippen molar-refractivity contribution in [3.8, 4) is 33.4 Å². The Hall–Kier alpha value is -6.12. The van der Waals surface area contributed by atoms with E-state index >= 15 is 0 Å². The van der Waals surface area contributed by atoms with Gasteiger partial charge in [0, 0.05) is 32.3 Å². The fraction of sp³-hybridized carbons (Fsp3) is 0.0638. The van der Waals surface area contributed by atoms with E-state index in [1.807, 2.05) is 12.1 Å². The van der Waals surface area contributed by atoms with Crippen molar-refractivity contribution in [3.63, 3.8) is 0 Å². The lowest BCUT2D eigenvalue weighted by molar-refractivity contribution is 0.666. The van der Waals surface area contributed by atoms with E-state index in [4.69, 9.17) is 8.83 Å². The first kappa shape index (κ1) is 26.9. The van der Waals surface area contributed by atoms with Gasteiger partial charge in [-0.15, -0.1) is 0 Å². The molecule has 0 amide bonds. The summed E-state index contributed by atoms with van der Waals surface area (Å²) in [6, 6.07) is 52.8. The standard InChI is InChI=1S/C47H30O2/c1-47(2)40-26-29(31-13-8-16-43-44(31)38-21-17-27-9-3-4-10-32(27)46(38)49-43)18-20-34(40)37-23-22-33-30(12-7-14-36(33)45(37)47)28-19-24-42-39(25-28)35-11-5-6-15-41(35)48-42/h3-26H,1-2H3. The van der Waals surface area contributed by atoms with Gasteiger partial charge in [0.05, 0.1) is 0 Å². The molecular formula is C47H30O2. The summed E-state index contributed by atoms with van der Waals surface area (Å²) in [6.45, 7) is 4.77. The molecule has 0 bridgehead atoms. The van der Waals surface area contributed by atoms with Crippen molar-refractivity contribution in [1.82, 2.24) is 0 Å². The Morgan fingerprint density at radius 1 is 0.408 bits per heavy atom. The van der Waals surface area contributed by atoms with Crippen molar-refractivity contribution in [2.75, 3.05) is 0 Å². The molecule has 0 saturated heterocycles. The molecule has 2 nitrogen and oxygen atoms in total. The van der Waals surface area contributed by atoms with Gasteiger partial charge in [-0.05, 0) is 97.1 Å². The minimum Gasteiger partial charge on any atom is -0.456 e. The van der Waals surface area contributed by atoms with Gasteiger partial charge in [0.2, 0.25) is 0 Å². The van der Waals surface area contributed by atoms with E-state index in [1.165, 1.54) is 66.1 Å². The lowest BCUT2D eigenvalue weighted by atomic mass is 9.79. The van der Waals surface area contributed by atoms with Gasteiger partial charge in [-0.3, -0.25) is 0 Å². The summed E-state index contributed by atoms with van der Waals surface area (Å²) in [4.78, 5) is 0.